The molecule has 0 bridgehead atoms. The predicted molar refractivity (Wildman–Crippen MR) is 170 cm³/mol. The van der Waals surface area contributed by atoms with E-state index in [4.69, 9.17) is 5.11 Å². The number of unbranched alkanes of at least 4 members (excludes halogenated alkanes) is 16. The molecule has 0 aliphatic heterocycles. The highest BCUT2D eigenvalue weighted by atomic mass is 16.4. The number of aliphatic carboxylic acids is 2. The summed E-state index contributed by atoms with van der Waals surface area (Å²) in [5.41, 5.74) is 0. The van der Waals surface area contributed by atoms with Crippen molar-refractivity contribution in [2.24, 2.45) is 0 Å². The molecule has 0 heterocycles. The molecule has 250 valence electrons. The molecule has 0 aliphatic carbocycles. The number of ketones is 1. The maximum Gasteiger partial charge on any atom is 0.326 e. The number of rotatable bonds is 31. The highest BCUT2D eigenvalue weighted by molar-refractivity contribution is 5.84. The Morgan fingerprint density at radius 3 is 1.42 bits per heavy atom. The Labute approximate surface area is 259 Å². The minimum Gasteiger partial charge on any atom is -0.481 e. The van der Waals surface area contributed by atoms with Crippen molar-refractivity contribution in [3.8, 4) is 0 Å². The van der Waals surface area contributed by atoms with Crippen molar-refractivity contribution in [1.82, 2.24) is 16.0 Å². The summed E-state index contributed by atoms with van der Waals surface area (Å²) in [7, 11) is 1.75. The molecule has 0 spiro atoms. The van der Waals surface area contributed by atoms with E-state index in [1.807, 2.05) is 0 Å². The normalized spacial score (nSPS) is 12.4. The first-order chi connectivity index (χ1) is 20.7. The molecule has 2 atom stereocenters. The second kappa shape index (κ2) is 28.3. The topological polar surface area (TPSA) is 162 Å². The molecular formula is C33H61N3O7. The molecule has 0 saturated carbocycles. The van der Waals surface area contributed by atoms with E-state index in [0.29, 0.717) is 25.8 Å². The second-order valence-corrected chi connectivity index (χ2v) is 11.8. The summed E-state index contributed by atoms with van der Waals surface area (Å²) >= 11 is 0. The van der Waals surface area contributed by atoms with Crippen molar-refractivity contribution >= 4 is 29.5 Å². The van der Waals surface area contributed by atoms with Gasteiger partial charge in [-0.2, -0.15) is 0 Å². The number of carboxylic acids is 2. The van der Waals surface area contributed by atoms with E-state index >= 15 is 0 Å². The van der Waals surface area contributed by atoms with Crippen LogP contribution < -0.4 is 16.0 Å². The van der Waals surface area contributed by atoms with Crippen LogP contribution in [0.2, 0.25) is 0 Å². The molecule has 10 nitrogen and oxygen atoms in total. The molecule has 10 heteroatoms. The zero-order chi connectivity index (χ0) is 32.1. The van der Waals surface area contributed by atoms with E-state index in [2.05, 4.69) is 16.0 Å². The third kappa shape index (κ3) is 26.8. The summed E-state index contributed by atoms with van der Waals surface area (Å²) in [6.45, 7) is 2.02. The lowest BCUT2D eigenvalue weighted by Crippen LogP contribution is -2.41. The third-order valence-corrected chi connectivity index (χ3v) is 7.92. The van der Waals surface area contributed by atoms with Crippen LogP contribution in [-0.4, -0.2) is 65.4 Å². The standard InChI is InChI=1S/C33H61N3O7/c1-27(37)28(34-2)21-19-20-26-35-30(38)25-24-29(33(42)43)36-31(39)22-17-15-13-11-9-7-5-3-4-6-8-10-12-14-16-18-23-32(40)41/h28-29,34H,3-26H2,1-2H3,(H,35,38)(H,36,39)(H,40,41)(H,42,43). The Bertz CT molecular complexity index is 776. The largest absolute Gasteiger partial charge is 0.481 e. The fourth-order valence-electron chi connectivity index (χ4n) is 5.18. The lowest BCUT2D eigenvalue weighted by atomic mass is 10.0. The van der Waals surface area contributed by atoms with Gasteiger partial charge in [-0.15, -0.1) is 0 Å². The van der Waals surface area contributed by atoms with Crippen molar-refractivity contribution in [3.05, 3.63) is 0 Å². The average molecular weight is 612 g/mol. The number of carboxylic acid groups (broad SMARTS) is 2. The zero-order valence-corrected chi connectivity index (χ0v) is 27.1. The molecule has 2 amide bonds. The SMILES string of the molecule is CNC(CCCCNC(=O)CCC(NC(=O)CCCCCCCCCCCCCCCCCCC(=O)O)C(=O)O)C(C)=O. The van der Waals surface area contributed by atoms with Crippen LogP contribution in [0.5, 0.6) is 0 Å². The number of likely N-dealkylation sites (N-methyl/N-ethyl adjacent to an activating group) is 1. The highest BCUT2D eigenvalue weighted by Gasteiger charge is 2.20. The fraction of sp³-hybridized carbons (Fsp3) is 0.848. The van der Waals surface area contributed by atoms with Crippen LogP contribution in [0, 0.1) is 0 Å². The summed E-state index contributed by atoms with van der Waals surface area (Å²) in [5.74, 6) is -2.26. The van der Waals surface area contributed by atoms with Crippen LogP contribution in [-0.2, 0) is 24.0 Å². The molecule has 0 saturated heterocycles. The predicted octanol–water partition coefficient (Wildman–Crippen LogP) is 5.91. The summed E-state index contributed by atoms with van der Waals surface area (Å²) in [4.78, 5) is 57.7. The number of hydrogen-bond acceptors (Lipinski definition) is 6. The van der Waals surface area contributed by atoms with Gasteiger partial charge in [0.05, 0.1) is 6.04 Å². The summed E-state index contributed by atoms with van der Waals surface area (Å²) < 4.78 is 0. The van der Waals surface area contributed by atoms with E-state index in [9.17, 15) is 29.1 Å². The van der Waals surface area contributed by atoms with E-state index in [0.717, 1.165) is 57.8 Å². The molecule has 0 rings (SSSR count). The van der Waals surface area contributed by atoms with Crippen molar-refractivity contribution in [1.29, 1.82) is 0 Å². The van der Waals surface area contributed by atoms with Crippen molar-refractivity contribution in [2.75, 3.05) is 13.6 Å². The molecule has 0 aromatic rings. The van der Waals surface area contributed by atoms with Gasteiger partial charge < -0.3 is 26.2 Å². The first kappa shape index (κ1) is 40.5. The highest BCUT2D eigenvalue weighted by Crippen LogP contribution is 2.14. The quantitative estimate of drug-likeness (QED) is 0.0605. The second-order valence-electron chi connectivity index (χ2n) is 11.8. The average Bonchev–Trinajstić information content (AvgIpc) is 2.95. The fourth-order valence-corrected chi connectivity index (χ4v) is 5.18. The van der Waals surface area contributed by atoms with Crippen LogP contribution in [0.15, 0.2) is 0 Å². The number of Topliss-reactive ketones (excluding diaryl/α,β-unsaturated/α-hetero) is 1. The van der Waals surface area contributed by atoms with E-state index in [1.54, 1.807) is 14.0 Å². The molecule has 0 aromatic carbocycles. The van der Waals surface area contributed by atoms with Gasteiger partial charge >= 0.3 is 11.9 Å². The van der Waals surface area contributed by atoms with Gasteiger partial charge in [-0.3, -0.25) is 19.2 Å². The maximum atomic E-state index is 12.2. The van der Waals surface area contributed by atoms with Gasteiger partial charge in [0.1, 0.15) is 11.8 Å². The Morgan fingerprint density at radius 2 is 1.00 bits per heavy atom. The van der Waals surface area contributed by atoms with Gasteiger partial charge in [-0.1, -0.05) is 89.9 Å². The first-order valence-corrected chi connectivity index (χ1v) is 16.9. The molecule has 0 aliphatic rings. The monoisotopic (exact) mass is 611 g/mol. The van der Waals surface area contributed by atoms with Crippen LogP contribution in [0.4, 0.5) is 0 Å². The molecule has 2 unspecified atom stereocenters. The summed E-state index contributed by atoms with van der Waals surface area (Å²) in [5, 5.41) is 26.4. The molecule has 0 aromatic heterocycles. The molecule has 43 heavy (non-hydrogen) atoms. The van der Waals surface area contributed by atoms with E-state index in [1.165, 1.54) is 57.8 Å². The van der Waals surface area contributed by atoms with E-state index < -0.39 is 18.0 Å². The molecule has 5 N–H and O–H groups in total. The summed E-state index contributed by atoms with van der Waals surface area (Å²) in [6, 6.07) is -1.24. The van der Waals surface area contributed by atoms with Crippen LogP contribution in [0.3, 0.4) is 0 Å². The number of amides is 2. The Kier molecular flexibility index (Phi) is 26.7. The van der Waals surface area contributed by atoms with Crippen molar-refractivity contribution in [2.45, 2.75) is 167 Å². The minimum atomic E-state index is -1.13. The van der Waals surface area contributed by atoms with Gasteiger partial charge in [-0.05, 0) is 52.5 Å². The number of hydrogen-bond donors (Lipinski definition) is 5. The van der Waals surface area contributed by atoms with Crippen molar-refractivity contribution < 1.29 is 34.2 Å². The first-order valence-electron chi connectivity index (χ1n) is 16.9. The Morgan fingerprint density at radius 1 is 0.535 bits per heavy atom. The van der Waals surface area contributed by atoms with Gasteiger partial charge in [0.25, 0.3) is 0 Å². The van der Waals surface area contributed by atoms with Gasteiger partial charge in [0.2, 0.25) is 11.8 Å². The van der Waals surface area contributed by atoms with E-state index in [-0.39, 0.29) is 36.5 Å². The van der Waals surface area contributed by atoms with Gasteiger partial charge in [0, 0.05) is 25.8 Å². The molecule has 0 fully saturated rings. The maximum absolute atomic E-state index is 12.2. The van der Waals surface area contributed by atoms with Crippen LogP contribution in [0.1, 0.15) is 155 Å². The van der Waals surface area contributed by atoms with Crippen LogP contribution >= 0.6 is 0 Å². The lowest BCUT2D eigenvalue weighted by molar-refractivity contribution is -0.142. The third-order valence-electron chi connectivity index (χ3n) is 7.92. The van der Waals surface area contributed by atoms with Crippen LogP contribution in [0.25, 0.3) is 0 Å². The zero-order valence-electron chi connectivity index (χ0n) is 27.1. The lowest BCUT2D eigenvalue weighted by Gasteiger charge is -2.15. The molecular weight excluding hydrogens is 550 g/mol. The Balaban J connectivity index is 3.68. The molecule has 0 radical (unpaired) electrons. The summed E-state index contributed by atoms with van der Waals surface area (Å²) in [6.07, 6.45) is 21.1. The van der Waals surface area contributed by atoms with Crippen molar-refractivity contribution in [3.63, 3.8) is 0 Å². The van der Waals surface area contributed by atoms with Gasteiger partial charge in [-0.25, -0.2) is 4.79 Å². The Hall–Kier alpha value is -2.49. The van der Waals surface area contributed by atoms with Gasteiger partial charge in [0.15, 0.2) is 0 Å². The number of carbonyl (C=O) groups excluding carboxylic acids is 3. The number of nitrogens with one attached hydrogen (secondary N) is 3. The smallest absolute Gasteiger partial charge is 0.326 e. The number of carbonyl (C=O) groups is 5. The minimum absolute atomic E-state index is 0.0292.